The summed E-state index contributed by atoms with van der Waals surface area (Å²) in [7, 11) is -4.01. The predicted octanol–water partition coefficient (Wildman–Crippen LogP) is 5.19. The molecule has 3 aromatic carbocycles. The molecule has 0 aliphatic carbocycles. The highest BCUT2D eigenvalue weighted by atomic mass is 32.2. The zero-order chi connectivity index (χ0) is 22.9. The summed E-state index contributed by atoms with van der Waals surface area (Å²) in [6, 6.07) is 21.8. The summed E-state index contributed by atoms with van der Waals surface area (Å²) in [6.07, 6.45) is 1.94. The first kappa shape index (κ1) is 22.0. The van der Waals surface area contributed by atoms with Gasteiger partial charge in [-0.3, -0.25) is 0 Å². The van der Waals surface area contributed by atoms with E-state index in [9.17, 15) is 18.3 Å². The first-order valence-corrected chi connectivity index (χ1v) is 11.9. The van der Waals surface area contributed by atoms with Crippen LogP contribution < -0.4 is 0 Å². The first-order chi connectivity index (χ1) is 15.3. The van der Waals surface area contributed by atoms with Gasteiger partial charge in [-0.15, -0.1) is 0 Å². The average Bonchev–Trinajstić information content (AvgIpc) is 2.79. The summed E-state index contributed by atoms with van der Waals surface area (Å²) in [4.78, 5) is 12.4. The molecule has 3 aromatic rings. The second-order valence-electron chi connectivity index (χ2n) is 8.09. The lowest BCUT2D eigenvalue weighted by atomic mass is 9.89. The Morgan fingerprint density at radius 1 is 0.844 bits per heavy atom. The van der Waals surface area contributed by atoms with Crippen molar-refractivity contribution < 1.29 is 18.3 Å². The van der Waals surface area contributed by atoms with E-state index < -0.39 is 28.1 Å². The summed E-state index contributed by atoms with van der Waals surface area (Å²) in [5.74, 6) is -1.12. The second-order valence-corrected chi connectivity index (χ2v) is 9.93. The van der Waals surface area contributed by atoms with Crippen molar-refractivity contribution in [2.24, 2.45) is 0 Å². The van der Waals surface area contributed by atoms with Gasteiger partial charge in [0.15, 0.2) is 0 Å². The molecular formula is C26H25NO4S. The van der Waals surface area contributed by atoms with Crippen molar-refractivity contribution in [3.8, 4) is 0 Å². The van der Waals surface area contributed by atoms with Crippen LogP contribution in [0.15, 0.2) is 95.4 Å². The third-order valence-corrected chi connectivity index (χ3v) is 7.73. The predicted molar refractivity (Wildman–Crippen MR) is 124 cm³/mol. The van der Waals surface area contributed by atoms with Crippen molar-refractivity contribution in [2.45, 2.75) is 37.2 Å². The van der Waals surface area contributed by atoms with Crippen molar-refractivity contribution in [1.29, 1.82) is 0 Å². The molecule has 164 valence electrons. The van der Waals surface area contributed by atoms with Crippen molar-refractivity contribution in [3.63, 3.8) is 0 Å². The van der Waals surface area contributed by atoms with Crippen LogP contribution in [0.1, 0.15) is 40.8 Å². The van der Waals surface area contributed by atoms with Crippen LogP contribution in [-0.4, -0.2) is 23.8 Å². The Labute approximate surface area is 188 Å². The zero-order valence-electron chi connectivity index (χ0n) is 18.0. The molecule has 6 heteroatoms. The van der Waals surface area contributed by atoms with E-state index in [2.05, 4.69) is 0 Å². The molecule has 0 aromatic heterocycles. The van der Waals surface area contributed by atoms with E-state index in [0.29, 0.717) is 5.56 Å². The fraction of sp³-hybridized carbons (Fsp3) is 0.192. The Balaban J connectivity index is 1.96. The Bertz CT molecular complexity index is 1250. The van der Waals surface area contributed by atoms with E-state index in [-0.39, 0.29) is 16.9 Å². The number of hydrogen-bond acceptors (Lipinski definition) is 3. The highest BCUT2D eigenvalue weighted by Gasteiger charge is 2.44. The van der Waals surface area contributed by atoms with Crippen molar-refractivity contribution >= 4 is 16.0 Å². The van der Waals surface area contributed by atoms with Gasteiger partial charge in [-0.1, -0.05) is 83.9 Å². The van der Waals surface area contributed by atoms with E-state index >= 15 is 0 Å². The third-order valence-electron chi connectivity index (χ3n) is 5.84. The molecule has 0 unspecified atom stereocenters. The maximum atomic E-state index is 14.0. The standard InChI is InChI=1S/C26H25NO4S/c1-18-8-12-20(13-9-18)24-17-16-23(26(28)29)25(21-14-10-19(2)11-15-21)27(24)32(30,31)22-6-4-3-5-7-22/h3-16,24-25H,17H2,1-2H3,(H,28,29)/t24-,25-/m0/s1. The Morgan fingerprint density at radius 3 is 1.91 bits per heavy atom. The summed E-state index contributed by atoms with van der Waals surface area (Å²) in [6.45, 7) is 3.91. The van der Waals surface area contributed by atoms with Crippen LogP contribution >= 0.6 is 0 Å². The zero-order valence-corrected chi connectivity index (χ0v) is 18.8. The summed E-state index contributed by atoms with van der Waals surface area (Å²) >= 11 is 0. The number of aryl methyl sites for hydroxylation is 2. The van der Waals surface area contributed by atoms with Gasteiger partial charge in [0.25, 0.3) is 0 Å². The van der Waals surface area contributed by atoms with Gasteiger partial charge in [0.2, 0.25) is 10.0 Å². The summed E-state index contributed by atoms with van der Waals surface area (Å²) in [5, 5.41) is 9.98. The van der Waals surface area contributed by atoms with Crippen LogP contribution in [-0.2, 0) is 14.8 Å². The number of aliphatic carboxylic acids is 1. The number of carbonyl (C=O) groups is 1. The fourth-order valence-corrected chi connectivity index (χ4v) is 5.94. The Hall–Kier alpha value is -3.22. The van der Waals surface area contributed by atoms with Crippen molar-refractivity contribution in [1.82, 2.24) is 4.31 Å². The molecule has 2 atom stereocenters. The molecule has 0 amide bonds. The van der Waals surface area contributed by atoms with Gasteiger partial charge >= 0.3 is 5.97 Å². The molecule has 0 bridgehead atoms. The Kier molecular flexibility index (Phi) is 6.00. The summed E-state index contributed by atoms with van der Waals surface area (Å²) in [5.41, 5.74) is 3.60. The topological polar surface area (TPSA) is 74.7 Å². The smallest absolute Gasteiger partial charge is 0.333 e. The molecule has 0 spiro atoms. The van der Waals surface area contributed by atoms with E-state index in [0.717, 1.165) is 16.7 Å². The number of carboxylic acids is 1. The molecule has 1 N–H and O–H groups in total. The quantitative estimate of drug-likeness (QED) is 0.584. The van der Waals surface area contributed by atoms with E-state index in [1.165, 1.54) is 4.31 Å². The van der Waals surface area contributed by atoms with E-state index in [4.69, 9.17) is 0 Å². The average molecular weight is 448 g/mol. The van der Waals surface area contributed by atoms with Crippen LogP contribution in [0.25, 0.3) is 0 Å². The lowest BCUT2D eigenvalue weighted by molar-refractivity contribution is -0.133. The monoisotopic (exact) mass is 447 g/mol. The van der Waals surface area contributed by atoms with E-state index in [1.54, 1.807) is 36.4 Å². The van der Waals surface area contributed by atoms with Gasteiger partial charge < -0.3 is 5.11 Å². The maximum absolute atomic E-state index is 14.0. The maximum Gasteiger partial charge on any atom is 0.333 e. The molecule has 0 radical (unpaired) electrons. The van der Waals surface area contributed by atoms with Gasteiger partial charge in [-0.25, -0.2) is 13.2 Å². The normalized spacial score (nSPS) is 19.4. The molecule has 32 heavy (non-hydrogen) atoms. The van der Waals surface area contributed by atoms with Crippen LogP contribution in [0.3, 0.4) is 0 Å². The molecule has 1 aliphatic rings. The molecule has 0 saturated heterocycles. The third kappa shape index (κ3) is 4.11. The first-order valence-electron chi connectivity index (χ1n) is 10.4. The molecule has 1 aliphatic heterocycles. The minimum absolute atomic E-state index is 0.0664. The van der Waals surface area contributed by atoms with Crippen molar-refractivity contribution in [3.05, 3.63) is 113 Å². The number of rotatable bonds is 5. The largest absolute Gasteiger partial charge is 0.478 e. The van der Waals surface area contributed by atoms with Crippen LogP contribution in [0.5, 0.6) is 0 Å². The number of sulfonamides is 1. The SMILES string of the molecule is Cc1ccc([C@H]2C(C(=O)O)=CC[C@@H](c3ccc(C)cc3)N2S(=O)(=O)c2ccccc2)cc1. The Morgan fingerprint density at radius 2 is 1.38 bits per heavy atom. The summed E-state index contributed by atoms with van der Waals surface area (Å²) < 4.78 is 29.3. The van der Waals surface area contributed by atoms with Gasteiger partial charge in [0.1, 0.15) is 0 Å². The number of nitrogens with zero attached hydrogens (tertiary/aromatic N) is 1. The number of carboxylic acid groups (broad SMARTS) is 1. The van der Waals surface area contributed by atoms with Crippen LogP contribution in [0.2, 0.25) is 0 Å². The molecule has 1 heterocycles. The molecule has 5 nitrogen and oxygen atoms in total. The molecular weight excluding hydrogens is 422 g/mol. The van der Waals surface area contributed by atoms with Gasteiger partial charge in [0, 0.05) is 0 Å². The number of benzene rings is 3. The van der Waals surface area contributed by atoms with Gasteiger partial charge in [-0.05, 0) is 43.5 Å². The highest BCUT2D eigenvalue weighted by Crippen LogP contribution is 2.45. The highest BCUT2D eigenvalue weighted by molar-refractivity contribution is 7.89. The minimum atomic E-state index is -4.01. The van der Waals surface area contributed by atoms with Crippen LogP contribution in [0, 0.1) is 13.8 Å². The second kappa shape index (κ2) is 8.73. The fourth-order valence-electron chi connectivity index (χ4n) is 4.14. The van der Waals surface area contributed by atoms with E-state index in [1.807, 2.05) is 62.4 Å². The lowest BCUT2D eigenvalue weighted by Crippen LogP contribution is -2.42. The molecule has 4 rings (SSSR count). The lowest BCUT2D eigenvalue weighted by Gasteiger charge is -2.40. The van der Waals surface area contributed by atoms with Crippen LogP contribution in [0.4, 0.5) is 0 Å². The van der Waals surface area contributed by atoms with Crippen molar-refractivity contribution in [2.75, 3.05) is 0 Å². The van der Waals surface area contributed by atoms with Gasteiger partial charge in [0.05, 0.1) is 22.6 Å². The minimum Gasteiger partial charge on any atom is -0.478 e. The molecule has 0 saturated carbocycles. The van der Waals surface area contributed by atoms with Gasteiger partial charge in [-0.2, -0.15) is 4.31 Å². The molecule has 0 fully saturated rings. The number of hydrogen-bond donors (Lipinski definition) is 1.